The largest absolute Gasteiger partial charge is 0.374 e. The molecule has 1 saturated carbocycles. The van der Waals surface area contributed by atoms with Crippen LogP contribution in [0, 0.1) is 0 Å². The number of hydrazine groups is 1. The molecule has 1 fully saturated rings. The van der Waals surface area contributed by atoms with Crippen molar-refractivity contribution in [1.29, 1.82) is 0 Å². The molecule has 2 rings (SSSR count). The van der Waals surface area contributed by atoms with E-state index in [0.717, 1.165) is 31.6 Å². The molecule has 5 heteroatoms. The van der Waals surface area contributed by atoms with Gasteiger partial charge in [0.25, 0.3) is 0 Å². The first-order chi connectivity index (χ1) is 9.61. The van der Waals surface area contributed by atoms with Gasteiger partial charge in [0, 0.05) is 25.3 Å². The molecule has 0 aliphatic heterocycles. The third-order valence-electron chi connectivity index (χ3n) is 4.32. The zero-order valence-corrected chi connectivity index (χ0v) is 12.9. The Morgan fingerprint density at radius 1 is 1.45 bits per heavy atom. The number of rotatable bonds is 7. The molecule has 20 heavy (non-hydrogen) atoms. The van der Waals surface area contributed by atoms with Crippen LogP contribution in [0.1, 0.15) is 58.2 Å². The van der Waals surface area contributed by atoms with Crippen molar-refractivity contribution in [1.82, 2.24) is 15.2 Å². The van der Waals surface area contributed by atoms with Crippen LogP contribution in [0.25, 0.3) is 0 Å². The fourth-order valence-electron chi connectivity index (χ4n) is 3.23. The lowest BCUT2D eigenvalue weighted by atomic mass is 9.89. The highest BCUT2D eigenvalue weighted by Crippen LogP contribution is 2.37. The first-order valence-electron chi connectivity index (χ1n) is 7.75. The van der Waals surface area contributed by atoms with E-state index < -0.39 is 0 Å². The summed E-state index contributed by atoms with van der Waals surface area (Å²) in [5.41, 5.74) is 3.94. The van der Waals surface area contributed by atoms with Crippen molar-refractivity contribution in [2.24, 2.45) is 5.84 Å². The molecule has 1 atom stereocenters. The Labute approximate surface area is 121 Å². The first kappa shape index (κ1) is 15.5. The van der Waals surface area contributed by atoms with Crippen LogP contribution < -0.4 is 11.3 Å². The molecule has 0 saturated heterocycles. The number of hydrogen-bond donors (Lipinski definition) is 2. The number of nitrogens with one attached hydrogen (secondary N) is 1. The molecule has 1 aromatic heterocycles. The molecule has 5 nitrogen and oxygen atoms in total. The van der Waals surface area contributed by atoms with Crippen molar-refractivity contribution >= 4 is 0 Å². The van der Waals surface area contributed by atoms with Gasteiger partial charge in [-0.25, -0.2) is 0 Å². The molecule has 3 N–H and O–H groups in total. The molecule has 0 bridgehead atoms. The Morgan fingerprint density at radius 3 is 2.65 bits per heavy atom. The third-order valence-corrected chi connectivity index (χ3v) is 4.32. The zero-order valence-electron chi connectivity index (χ0n) is 12.9. The second-order valence-electron chi connectivity index (χ2n) is 6.01. The Morgan fingerprint density at radius 2 is 2.15 bits per heavy atom. The number of nitrogens with zero attached hydrogens (tertiary/aromatic N) is 2. The molecule has 0 aromatic carbocycles. The fourth-order valence-corrected chi connectivity index (χ4v) is 3.23. The minimum absolute atomic E-state index is 0.120. The second kappa shape index (κ2) is 6.70. The number of ether oxygens (including phenoxy) is 1. The molecule has 0 spiro atoms. The highest BCUT2D eigenvalue weighted by atomic mass is 16.5. The summed E-state index contributed by atoms with van der Waals surface area (Å²) in [5, 5.41) is 4.63. The Bertz CT molecular complexity index is 410. The van der Waals surface area contributed by atoms with Crippen molar-refractivity contribution in [3.05, 3.63) is 18.0 Å². The van der Waals surface area contributed by atoms with Gasteiger partial charge >= 0.3 is 0 Å². The summed E-state index contributed by atoms with van der Waals surface area (Å²) in [4.78, 5) is 0. The van der Waals surface area contributed by atoms with E-state index in [4.69, 9.17) is 10.6 Å². The van der Waals surface area contributed by atoms with E-state index in [9.17, 15) is 0 Å². The highest BCUT2D eigenvalue weighted by molar-refractivity contribution is 5.07. The van der Waals surface area contributed by atoms with Crippen LogP contribution in [0.2, 0.25) is 0 Å². The smallest absolute Gasteiger partial charge is 0.0851 e. The minimum atomic E-state index is -0.120. The molecule has 1 aliphatic carbocycles. The number of aromatic nitrogens is 2. The maximum atomic E-state index is 6.09. The van der Waals surface area contributed by atoms with Crippen LogP contribution in [0.5, 0.6) is 0 Å². The van der Waals surface area contributed by atoms with Gasteiger partial charge in [0.15, 0.2) is 0 Å². The van der Waals surface area contributed by atoms with Crippen molar-refractivity contribution in [2.45, 2.75) is 70.6 Å². The van der Waals surface area contributed by atoms with Crippen LogP contribution in [-0.4, -0.2) is 28.0 Å². The van der Waals surface area contributed by atoms with Crippen LogP contribution in [-0.2, 0) is 11.2 Å². The topological polar surface area (TPSA) is 65.1 Å². The Kier molecular flexibility index (Phi) is 5.18. The lowest BCUT2D eigenvalue weighted by Gasteiger charge is -2.36. The predicted molar refractivity (Wildman–Crippen MR) is 80.3 cm³/mol. The molecular formula is C15H28N4O. The van der Waals surface area contributed by atoms with Crippen LogP contribution in [0.15, 0.2) is 12.3 Å². The van der Waals surface area contributed by atoms with Gasteiger partial charge in [-0.2, -0.15) is 5.10 Å². The van der Waals surface area contributed by atoms with Gasteiger partial charge in [0.2, 0.25) is 0 Å². The van der Waals surface area contributed by atoms with Gasteiger partial charge in [0.1, 0.15) is 0 Å². The van der Waals surface area contributed by atoms with Gasteiger partial charge in [-0.05, 0) is 39.7 Å². The van der Waals surface area contributed by atoms with Crippen molar-refractivity contribution in [3.63, 3.8) is 0 Å². The summed E-state index contributed by atoms with van der Waals surface area (Å²) in [6.07, 6.45) is 7.46. The van der Waals surface area contributed by atoms with E-state index in [0.29, 0.717) is 6.04 Å². The monoisotopic (exact) mass is 280 g/mol. The highest BCUT2D eigenvalue weighted by Gasteiger charge is 2.42. The summed E-state index contributed by atoms with van der Waals surface area (Å²) < 4.78 is 8.08. The number of nitrogens with two attached hydrogens (primary N) is 1. The quantitative estimate of drug-likeness (QED) is 0.593. The van der Waals surface area contributed by atoms with Crippen LogP contribution in [0.4, 0.5) is 0 Å². The summed E-state index contributed by atoms with van der Waals surface area (Å²) in [7, 11) is 0. The summed E-state index contributed by atoms with van der Waals surface area (Å²) in [5.74, 6) is 5.82. The second-order valence-corrected chi connectivity index (χ2v) is 6.01. The molecule has 1 heterocycles. The maximum Gasteiger partial charge on any atom is 0.0851 e. The average Bonchev–Trinajstić information content (AvgIpc) is 3.06. The molecule has 1 aliphatic rings. The van der Waals surface area contributed by atoms with Crippen LogP contribution in [0.3, 0.4) is 0 Å². The van der Waals surface area contributed by atoms with E-state index in [1.807, 2.05) is 10.9 Å². The van der Waals surface area contributed by atoms with E-state index in [-0.39, 0.29) is 11.6 Å². The average molecular weight is 280 g/mol. The fraction of sp³-hybridized carbons (Fsp3) is 0.800. The summed E-state index contributed by atoms with van der Waals surface area (Å²) in [6.45, 7) is 7.06. The molecule has 1 aromatic rings. The van der Waals surface area contributed by atoms with E-state index >= 15 is 0 Å². The molecule has 1 unspecified atom stereocenters. The molecular weight excluding hydrogens is 252 g/mol. The number of hydrogen-bond acceptors (Lipinski definition) is 4. The first-order valence-corrected chi connectivity index (χ1v) is 7.75. The SMILES string of the molecule is CCOC1(C(Cc2ccn(C(C)C)n2)NN)CCCC1. The van der Waals surface area contributed by atoms with Gasteiger partial charge < -0.3 is 4.74 Å². The van der Waals surface area contributed by atoms with E-state index in [2.05, 4.69) is 37.4 Å². The minimum Gasteiger partial charge on any atom is -0.374 e. The lowest BCUT2D eigenvalue weighted by molar-refractivity contribution is -0.0615. The van der Waals surface area contributed by atoms with Crippen molar-refractivity contribution in [2.75, 3.05) is 6.61 Å². The standard InChI is InChI=1S/C15H28N4O/c1-4-20-15(8-5-6-9-15)14(17-16)11-13-7-10-19(18-13)12(2)3/h7,10,12,14,17H,4-6,8-9,11,16H2,1-3H3. The van der Waals surface area contributed by atoms with Gasteiger partial charge in [0.05, 0.1) is 17.3 Å². The Hall–Kier alpha value is -0.910. The van der Waals surface area contributed by atoms with E-state index in [1.54, 1.807) is 0 Å². The zero-order chi connectivity index (χ0) is 14.6. The lowest BCUT2D eigenvalue weighted by Crippen LogP contribution is -2.54. The summed E-state index contributed by atoms with van der Waals surface area (Å²) >= 11 is 0. The maximum absolute atomic E-state index is 6.09. The van der Waals surface area contributed by atoms with Crippen LogP contribution >= 0.6 is 0 Å². The Balaban J connectivity index is 2.10. The molecule has 0 amide bonds. The third kappa shape index (κ3) is 3.22. The van der Waals surface area contributed by atoms with Gasteiger partial charge in [-0.1, -0.05) is 12.8 Å². The molecule has 0 radical (unpaired) electrons. The predicted octanol–water partition coefficient (Wildman–Crippen LogP) is 2.19. The van der Waals surface area contributed by atoms with Gasteiger partial charge in [-0.3, -0.25) is 16.0 Å². The normalized spacial score (nSPS) is 19.6. The van der Waals surface area contributed by atoms with Gasteiger partial charge in [-0.15, -0.1) is 0 Å². The summed E-state index contributed by atoms with van der Waals surface area (Å²) in [6, 6.07) is 2.60. The van der Waals surface area contributed by atoms with Crippen molar-refractivity contribution in [3.8, 4) is 0 Å². The van der Waals surface area contributed by atoms with Crippen molar-refractivity contribution < 1.29 is 4.74 Å². The van der Waals surface area contributed by atoms with E-state index in [1.165, 1.54) is 12.8 Å². The molecule has 114 valence electrons.